The van der Waals surface area contributed by atoms with Gasteiger partial charge in [0, 0.05) is 0 Å². The number of aromatic hydroxyl groups is 2. The maximum atomic E-state index is 11.9. The van der Waals surface area contributed by atoms with E-state index < -0.39 is 0 Å². The minimum absolute atomic E-state index is 0.0503. The van der Waals surface area contributed by atoms with Crippen molar-refractivity contribution in [2.45, 2.75) is 178 Å². The lowest BCUT2D eigenvalue weighted by molar-refractivity contribution is -0.981. The van der Waals surface area contributed by atoms with Gasteiger partial charge in [-0.05, 0) is 134 Å². The van der Waals surface area contributed by atoms with Gasteiger partial charge in [0.25, 0.3) is 0 Å². The van der Waals surface area contributed by atoms with Gasteiger partial charge < -0.3 is 20.4 Å². The van der Waals surface area contributed by atoms with Gasteiger partial charge in [-0.15, -0.1) is 0 Å². The van der Waals surface area contributed by atoms with Crippen molar-refractivity contribution in [1.82, 2.24) is 0 Å². The Kier molecular flexibility index (Phi) is 15.3. The molecule has 2 aromatic rings. The zero-order chi connectivity index (χ0) is 36.1. The maximum Gasteiger partial charge on any atom is 0.477 e. The van der Waals surface area contributed by atoms with Crippen LogP contribution in [0, 0.1) is 4.91 Å². The third-order valence-corrected chi connectivity index (χ3v) is 11.6. The first-order valence-corrected chi connectivity index (χ1v) is 19.6. The summed E-state index contributed by atoms with van der Waals surface area (Å²) >= 11 is 0. The lowest BCUT2D eigenvalue weighted by Gasteiger charge is -2.29. The Hall–Kier alpha value is -2.84. The summed E-state index contributed by atoms with van der Waals surface area (Å²) in [5.41, 5.74) is 4.11. The van der Waals surface area contributed by atoms with Crippen LogP contribution in [-0.4, -0.2) is 50.9 Å². The van der Waals surface area contributed by atoms with Crippen LogP contribution in [0.2, 0.25) is 0 Å². The quantitative estimate of drug-likeness (QED) is 0.0804. The van der Waals surface area contributed by atoms with Crippen molar-refractivity contribution in [1.29, 1.82) is 0 Å². The van der Waals surface area contributed by atoms with Crippen molar-refractivity contribution < 1.29 is 35.2 Å². The lowest BCUT2D eigenvalue weighted by Crippen LogP contribution is -2.19. The number of aliphatic hydroxyl groups excluding tert-OH is 2. The van der Waals surface area contributed by atoms with Crippen molar-refractivity contribution >= 4 is 0 Å². The van der Waals surface area contributed by atoms with Gasteiger partial charge >= 0.3 is 5.09 Å². The molecule has 280 valence electrons. The van der Waals surface area contributed by atoms with E-state index in [-0.39, 0.29) is 40.0 Å². The second kappa shape index (κ2) is 19.1. The monoisotopic (exact) mass is 696 g/mol. The van der Waals surface area contributed by atoms with Crippen LogP contribution >= 0.6 is 0 Å². The van der Waals surface area contributed by atoms with E-state index in [4.69, 9.17) is 9.68 Å². The number of hydrogen-bond acceptors (Lipinski definition) is 7. The molecule has 0 aliphatic heterocycles. The summed E-state index contributed by atoms with van der Waals surface area (Å²) in [4.78, 5) is 22.3. The molecule has 2 saturated carbocycles. The fourth-order valence-corrected chi connectivity index (χ4v) is 8.16. The molecule has 50 heavy (non-hydrogen) atoms. The zero-order valence-electron chi connectivity index (χ0n) is 31.4. The summed E-state index contributed by atoms with van der Waals surface area (Å²) in [5.74, 6) is 1.18. The van der Waals surface area contributed by atoms with Gasteiger partial charge in [0.2, 0.25) is 0 Å². The molecule has 2 aliphatic carbocycles. The zero-order valence-corrected chi connectivity index (χ0v) is 31.4. The molecule has 2 aliphatic rings. The summed E-state index contributed by atoms with van der Waals surface area (Å²) in [6, 6.07) is 12.3. The number of aliphatic hydroxyl groups is 2. The SMILES string of the molecule is CC(C)(CCCCCCO[N+](=O)OCCCCCCC(C)(C)c1ccc([C@H]2CCC[C@H](O)C2)c(O)c1)c1ccc([C@H]2CCC[C@H](O)C2)c(O)c1. The van der Waals surface area contributed by atoms with Crippen LogP contribution in [0.4, 0.5) is 0 Å². The summed E-state index contributed by atoms with van der Waals surface area (Å²) < 4.78 is 0. The molecule has 4 N–H and O–H groups in total. The Bertz CT molecular complexity index is 1240. The number of benzene rings is 2. The number of rotatable bonds is 20. The van der Waals surface area contributed by atoms with E-state index in [0.717, 1.165) is 138 Å². The molecular weight excluding hydrogens is 630 g/mol. The average molecular weight is 697 g/mol. The van der Waals surface area contributed by atoms with Gasteiger partial charge in [-0.1, -0.05) is 90.5 Å². The van der Waals surface area contributed by atoms with Gasteiger partial charge in [-0.2, -0.15) is 9.68 Å². The summed E-state index contributed by atoms with van der Waals surface area (Å²) in [6.07, 6.45) is 16.5. The predicted octanol–water partition coefficient (Wildman–Crippen LogP) is 9.93. The number of phenolic OH excluding ortho intramolecular Hbond substituents is 2. The molecule has 0 amide bonds. The first kappa shape index (κ1) is 39.9. The summed E-state index contributed by atoms with van der Waals surface area (Å²) in [6.45, 7) is 9.57. The molecular formula is C42H66NO7+. The fraction of sp³-hybridized carbons (Fsp3) is 0.714. The maximum absolute atomic E-state index is 11.9. The van der Waals surface area contributed by atoms with E-state index in [1.165, 1.54) is 0 Å². The van der Waals surface area contributed by atoms with Gasteiger partial charge in [-0.3, -0.25) is 0 Å². The molecule has 0 spiro atoms. The van der Waals surface area contributed by atoms with Crippen molar-refractivity contribution in [2.24, 2.45) is 0 Å². The Balaban J connectivity index is 1.01. The highest BCUT2D eigenvalue weighted by molar-refractivity contribution is 5.42. The molecule has 4 atom stereocenters. The van der Waals surface area contributed by atoms with E-state index in [9.17, 15) is 25.3 Å². The third kappa shape index (κ3) is 12.1. The highest BCUT2D eigenvalue weighted by Gasteiger charge is 2.28. The minimum atomic E-state index is -0.262. The van der Waals surface area contributed by atoms with Gasteiger partial charge in [0.15, 0.2) is 13.2 Å². The molecule has 0 radical (unpaired) electrons. The summed E-state index contributed by atoms with van der Waals surface area (Å²) in [5, 5.41) is 41.9. The number of phenols is 2. The number of unbranched alkanes of at least 4 members (excludes halogenated alkanes) is 6. The topological polar surface area (TPSA) is 119 Å². The second-order valence-electron chi connectivity index (χ2n) is 16.6. The van der Waals surface area contributed by atoms with E-state index in [1.807, 2.05) is 12.1 Å². The molecule has 2 aromatic carbocycles. The molecule has 0 heterocycles. The van der Waals surface area contributed by atoms with E-state index in [0.29, 0.717) is 24.7 Å². The molecule has 0 unspecified atom stereocenters. The Morgan fingerprint density at radius 3 is 1.40 bits per heavy atom. The largest absolute Gasteiger partial charge is 0.508 e. The molecule has 8 nitrogen and oxygen atoms in total. The summed E-state index contributed by atoms with van der Waals surface area (Å²) in [7, 11) is 0. The second-order valence-corrected chi connectivity index (χ2v) is 16.6. The third-order valence-electron chi connectivity index (χ3n) is 11.6. The Morgan fingerprint density at radius 2 is 1.02 bits per heavy atom. The van der Waals surface area contributed by atoms with Gasteiger partial charge in [-0.25, -0.2) is 0 Å². The highest BCUT2D eigenvalue weighted by Crippen LogP contribution is 2.41. The van der Waals surface area contributed by atoms with Crippen LogP contribution in [-0.2, 0) is 20.5 Å². The normalized spacial score (nSPS) is 21.6. The average Bonchev–Trinajstić information content (AvgIpc) is 3.07. The molecule has 0 aromatic heterocycles. The van der Waals surface area contributed by atoms with Gasteiger partial charge in [0.1, 0.15) is 16.4 Å². The van der Waals surface area contributed by atoms with Crippen molar-refractivity contribution in [3.63, 3.8) is 0 Å². The molecule has 0 bridgehead atoms. The minimum Gasteiger partial charge on any atom is -0.508 e. The molecule has 4 rings (SSSR count). The predicted molar refractivity (Wildman–Crippen MR) is 198 cm³/mol. The van der Waals surface area contributed by atoms with Crippen LogP contribution in [0.25, 0.3) is 0 Å². The van der Waals surface area contributed by atoms with E-state index in [1.54, 1.807) is 0 Å². The van der Waals surface area contributed by atoms with Gasteiger partial charge in [0.05, 0.1) is 12.2 Å². The molecule has 2 fully saturated rings. The Labute approximate surface area is 301 Å². The van der Waals surface area contributed by atoms with Crippen LogP contribution < -0.4 is 0 Å². The standard InChI is InChI=1S/C42H65NO7/c1-41(2,33-19-21-37(39(46)29-33)31-15-13-17-35(44)27-31)23-9-5-7-11-25-49-43(48)50-26-12-8-6-10-24-42(3,4)34-20-22-38(40(47)30-34)32-16-14-18-36(45)28-32/h19-22,29-32,35-36,44-45H,5-18,23-28H2,1-4H3,(H-,46,47)/p+1/t31-,32-,35-,36-/m0/s1. The highest BCUT2D eigenvalue weighted by atomic mass is 17.0. The van der Waals surface area contributed by atoms with Crippen molar-refractivity contribution in [2.75, 3.05) is 13.2 Å². The van der Waals surface area contributed by atoms with Crippen LogP contribution in [0.5, 0.6) is 11.5 Å². The van der Waals surface area contributed by atoms with Crippen LogP contribution in [0.3, 0.4) is 0 Å². The number of hydrogen-bond donors (Lipinski definition) is 4. The van der Waals surface area contributed by atoms with Crippen molar-refractivity contribution in [3.8, 4) is 11.5 Å². The lowest BCUT2D eigenvalue weighted by atomic mass is 9.77. The van der Waals surface area contributed by atoms with E-state index in [2.05, 4.69) is 52.0 Å². The Morgan fingerprint density at radius 1 is 0.620 bits per heavy atom. The van der Waals surface area contributed by atoms with E-state index >= 15 is 0 Å². The number of nitrogens with zero attached hydrogens (tertiary/aromatic N) is 1. The first-order valence-electron chi connectivity index (χ1n) is 19.6. The molecule has 8 heteroatoms. The molecule has 0 saturated heterocycles. The first-order chi connectivity index (χ1) is 23.9. The fourth-order valence-electron chi connectivity index (χ4n) is 8.16. The van der Waals surface area contributed by atoms with Crippen LogP contribution in [0.1, 0.15) is 177 Å². The smallest absolute Gasteiger partial charge is 0.477 e. The van der Waals surface area contributed by atoms with Crippen LogP contribution in [0.15, 0.2) is 36.4 Å². The van der Waals surface area contributed by atoms with Crippen molar-refractivity contribution in [3.05, 3.63) is 63.6 Å².